The molecule has 0 amide bonds. The molecule has 2 N–H and O–H groups in total. The number of phenols is 2. The number of phenolic OH excluding ortho intramolecular Hbond substituents is 2. The van der Waals surface area contributed by atoms with Gasteiger partial charge in [0.15, 0.2) is 0 Å². The lowest BCUT2D eigenvalue weighted by Crippen LogP contribution is -2.17. The lowest BCUT2D eigenvalue weighted by molar-refractivity contribution is -0.139. The highest BCUT2D eigenvalue weighted by molar-refractivity contribution is 5.75. The largest absolute Gasteiger partial charge is 0.508 e. The van der Waals surface area contributed by atoms with E-state index in [1.807, 2.05) is 13.8 Å². The van der Waals surface area contributed by atoms with Gasteiger partial charge in [0, 0.05) is 0 Å². The molecule has 2 rings (SSSR count). The minimum absolute atomic E-state index is 0.135. The molecule has 6 heteroatoms. The van der Waals surface area contributed by atoms with Crippen molar-refractivity contribution in [1.82, 2.24) is 0 Å². The molecule has 0 aliphatic rings. The first-order chi connectivity index (χ1) is 16.8. The molecule has 0 unspecified atom stereocenters. The van der Waals surface area contributed by atoms with Gasteiger partial charge in [0.2, 0.25) is 0 Å². The summed E-state index contributed by atoms with van der Waals surface area (Å²) in [6, 6.07) is 12.4. The van der Waals surface area contributed by atoms with E-state index < -0.39 is 0 Å². The van der Waals surface area contributed by atoms with E-state index in [0.717, 1.165) is 38.5 Å². The monoisotopic (exact) mass is 484 g/mol. The summed E-state index contributed by atoms with van der Waals surface area (Å²) in [6.07, 6.45) is 11.9. The van der Waals surface area contributed by atoms with Crippen LogP contribution in [0.5, 0.6) is 23.0 Å². The van der Waals surface area contributed by atoms with Crippen LogP contribution in [0, 0.1) is 11.8 Å². The molecule has 6 nitrogen and oxygen atoms in total. The van der Waals surface area contributed by atoms with Gasteiger partial charge in [0.25, 0.3) is 0 Å². The van der Waals surface area contributed by atoms with Crippen LogP contribution in [-0.2, 0) is 9.59 Å². The molecular weight excluding hydrogens is 444 g/mol. The van der Waals surface area contributed by atoms with Crippen LogP contribution in [-0.4, -0.2) is 22.2 Å². The molecule has 0 aliphatic carbocycles. The van der Waals surface area contributed by atoms with Gasteiger partial charge in [-0.05, 0) is 61.4 Å². The molecule has 192 valence electrons. The summed E-state index contributed by atoms with van der Waals surface area (Å²) in [5.41, 5.74) is 0. The first-order valence-electron chi connectivity index (χ1n) is 12.9. The number of carbonyl (C=O) groups excluding carboxylic acids is 2. The summed E-state index contributed by atoms with van der Waals surface area (Å²) in [7, 11) is 0. The Kier molecular flexibility index (Phi) is 12.7. The summed E-state index contributed by atoms with van der Waals surface area (Å²) in [5.74, 6) is 0.507. The van der Waals surface area contributed by atoms with Crippen molar-refractivity contribution < 1.29 is 29.3 Å². The van der Waals surface area contributed by atoms with E-state index in [4.69, 9.17) is 9.47 Å². The summed E-state index contributed by atoms with van der Waals surface area (Å²) in [4.78, 5) is 24.3. The van der Waals surface area contributed by atoms with Crippen LogP contribution in [0.15, 0.2) is 48.5 Å². The van der Waals surface area contributed by atoms with Crippen LogP contribution in [0.3, 0.4) is 0 Å². The molecule has 2 aromatic carbocycles. The molecule has 0 heterocycles. The van der Waals surface area contributed by atoms with E-state index in [2.05, 4.69) is 0 Å². The van der Waals surface area contributed by atoms with E-state index >= 15 is 0 Å². The number of carbonyl (C=O) groups is 2. The van der Waals surface area contributed by atoms with E-state index in [9.17, 15) is 19.8 Å². The van der Waals surface area contributed by atoms with Gasteiger partial charge in [-0.2, -0.15) is 0 Å². The van der Waals surface area contributed by atoms with Crippen molar-refractivity contribution in [3.63, 3.8) is 0 Å². The zero-order valence-electron chi connectivity index (χ0n) is 21.1. The van der Waals surface area contributed by atoms with E-state index in [1.165, 1.54) is 56.4 Å². The Bertz CT molecular complexity index is 802. The fourth-order valence-electron chi connectivity index (χ4n) is 3.84. The van der Waals surface area contributed by atoms with Crippen LogP contribution >= 0.6 is 0 Å². The highest BCUT2D eigenvalue weighted by Crippen LogP contribution is 2.21. The molecule has 0 saturated carbocycles. The summed E-state index contributed by atoms with van der Waals surface area (Å²) < 4.78 is 10.7. The van der Waals surface area contributed by atoms with Crippen LogP contribution in [0.25, 0.3) is 0 Å². The van der Waals surface area contributed by atoms with Crippen LogP contribution < -0.4 is 9.47 Å². The standard InChI is InChI=1S/C29H40O6/c1-22(28(32)34-26-18-14-24(30)15-19-26)12-10-8-6-4-3-5-7-9-11-13-23(2)29(33)35-27-20-16-25(31)17-21-27/h14-23,30-31H,3-13H2,1-2H3/t22-,23-/m0/s1. The summed E-state index contributed by atoms with van der Waals surface area (Å²) >= 11 is 0. The number of hydrogen-bond acceptors (Lipinski definition) is 6. The van der Waals surface area contributed by atoms with Crippen molar-refractivity contribution >= 4 is 11.9 Å². The predicted molar refractivity (Wildman–Crippen MR) is 137 cm³/mol. The van der Waals surface area contributed by atoms with Gasteiger partial charge in [0.1, 0.15) is 23.0 Å². The molecule has 35 heavy (non-hydrogen) atoms. The molecule has 2 atom stereocenters. The number of benzene rings is 2. The third-order valence-corrected chi connectivity index (χ3v) is 6.19. The van der Waals surface area contributed by atoms with Crippen molar-refractivity contribution in [2.24, 2.45) is 11.8 Å². The topological polar surface area (TPSA) is 93.1 Å². The van der Waals surface area contributed by atoms with Crippen LogP contribution in [0.2, 0.25) is 0 Å². The van der Waals surface area contributed by atoms with Gasteiger partial charge in [-0.3, -0.25) is 9.59 Å². The smallest absolute Gasteiger partial charge is 0.314 e. The van der Waals surface area contributed by atoms with Crippen molar-refractivity contribution in [3.05, 3.63) is 48.5 Å². The Balaban J connectivity index is 1.41. The van der Waals surface area contributed by atoms with Gasteiger partial charge in [-0.1, -0.05) is 71.6 Å². The Hall–Kier alpha value is -3.02. The van der Waals surface area contributed by atoms with Crippen LogP contribution in [0.1, 0.15) is 84.5 Å². The Morgan fingerprint density at radius 2 is 0.857 bits per heavy atom. The Labute approximate surface area is 209 Å². The fourth-order valence-corrected chi connectivity index (χ4v) is 3.84. The van der Waals surface area contributed by atoms with Gasteiger partial charge in [-0.15, -0.1) is 0 Å². The van der Waals surface area contributed by atoms with Gasteiger partial charge in [-0.25, -0.2) is 0 Å². The third kappa shape index (κ3) is 11.8. The SMILES string of the molecule is C[C@@H](CCCCCCCCCCC[C@H](C)C(=O)Oc1ccc(O)cc1)C(=O)Oc1ccc(O)cc1. The molecule has 0 saturated heterocycles. The van der Waals surface area contributed by atoms with Gasteiger partial charge in [0.05, 0.1) is 11.8 Å². The zero-order chi connectivity index (χ0) is 25.5. The lowest BCUT2D eigenvalue weighted by atomic mass is 10.00. The van der Waals surface area contributed by atoms with Gasteiger partial charge < -0.3 is 19.7 Å². The predicted octanol–water partition coefficient (Wildman–Crippen LogP) is 7.17. The molecule has 0 spiro atoms. The maximum absolute atomic E-state index is 12.1. The molecule has 0 bridgehead atoms. The van der Waals surface area contributed by atoms with Crippen molar-refractivity contribution in [1.29, 1.82) is 0 Å². The molecule has 0 aromatic heterocycles. The second-order valence-electron chi connectivity index (χ2n) is 9.39. The van der Waals surface area contributed by atoms with E-state index in [0.29, 0.717) is 11.5 Å². The van der Waals surface area contributed by atoms with Crippen molar-refractivity contribution in [2.75, 3.05) is 0 Å². The second kappa shape index (κ2) is 15.8. The molecular formula is C29H40O6. The minimum atomic E-state index is -0.223. The number of rotatable bonds is 16. The third-order valence-electron chi connectivity index (χ3n) is 6.19. The van der Waals surface area contributed by atoms with E-state index in [-0.39, 0.29) is 35.3 Å². The molecule has 2 aromatic rings. The number of esters is 2. The first-order valence-corrected chi connectivity index (χ1v) is 12.9. The molecule has 0 fully saturated rings. The number of ether oxygens (including phenoxy) is 2. The maximum Gasteiger partial charge on any atom is 0.314 e. The minimum Gasteiger partial charge on any atom is -0.508 e. The van der Waals surface area contributed by atoms with Crippen molar-refractivity contribution in [3.8, 4) is 23.0 Å². The van der Waals surface area contributed by atoms with E-state index in [1.54, 1.807) is 24.3 Å². The first kappa shape index (κ1) is 28.2. The van der Waals surface area contributed by atoms with Crippen molar-refractivity contribution in [2.45, 2.75) is 84.5 Å². The number of unbranched alkanes of at least 4 members (excludes halogenated alkanes) is 8. The second-order valence-corrected chi connectivity index (χ2v) is 9.39. The van der Waals surface area contributed by atoms with Gasteiger partial charge >= 0.3 is 11.9 Å². The zero-order valence-corrected chi connectivity index (χ0v) is 21.1. The average Bonchev–Trinajstić information content (AvgIpc) is 2.84. The number of hydrogen-bond donors (Lipinski definition) is 2. The normalized spacial score (nSPS) is 12.6. The number of aromatic hydroxyl groups is 2. The lowest BCUT2D eigenvalue weighted by Gasteiger charge is -2.11. The quantitative estimate of drug-likeness (QED) is 0.149. The Morgan fingerprint density at radius 1 is 0.571 bits per heavy atom. The highest BCUT2D eigenvalue weighted by Gasteiger charge is 2.16. The highest BCUT2D eigenvalue weighted by atomic mass is 16.5. The average molecular weight is 485 g/mol. The summed E-state index contributed by atoms with van der Waals surface area (Å²) in [5, 5.41) is 18.6. The molecule has 0 radical (unpaired) electrons. The summed E-state index contributed by atoms with van der Waals surface area (Å²) in [6.45, 7) is 3.80. The molecule has 0 aliphatic heterocycles. The Morgan fingerprint density at radius 3 is 1.17 bits per heavy atom. The van der Waals surface area contributed by atoms with Crippen LogP contribution in [0.4, 0.5) is 0 Å². The maximum atomic E-state index is 12.1. The fraction of sp³-hybridized carbons (Fsp3) is 0.517.